The van der Waals surface area contributed by atoms with Crippen LogP contribution in [-0.4, -0.2) is 43.3 Å². The Kier molecular flexibility index (Phi) is 7.31. The molecule has 0 unspecified atom stereocenters. The Labute approximate surface area is 132 Å². The minimum Gasteiger partial charge on any atom is -0.490 e. The lowest BCUT2D eigenvalue weighted by Gasteiger charge is -2.09. The second-order valence-corrected chi connectivity index (χ2v) is 4.26. The summed E-state index contributed by atoms with van der Waals surface area (Å²) in [5.41, 5.74) is -0.280. The Morgan fingerprint density at radius 1 is 1.00 bits per heavy atom. The molecule has 1 rings (SSSR count). The minimum atomic E-state index is -0.611. The third-order valence-corrected chi connectivity index (χ3v) is 2.43. The molecule has 126 valence electrons. The van der Waals surface area contributed by atoms with Gasteiger partial charge in [-0.3, -0.25) is 19.7 Å². The summed E-state index contributed by atoms with van der Waals surface area (Å²) in [5.74, 6) is -0.610. The largest absolute Gasteiger partial charge is 0.490 e. The molecule has 0 N–H and O–H groups in total. The van der Waals surface area contributed by atoms with Crippen LogP contribution < -0.4 is 9.47 Å². The maximum Gasteiger partial charge on any atom is 0.314 e. The fraction of sp³-hybridized carbons (Fsp3) is 0.429. The quantitative estimate of drug-likeness (QED) is 0.290. The van der Waals surface area contributed by atoms with Crippen molar-refractivity contribution in [2.24, 2.45) is 0 Å². The molecule has 0 saturated heterocycles. The van der Waals surface area contributed by atoms with Crippen LogP contribution in [0.5, 0.6) is 11.5 Å². The average molecular weight is 327 g/mol. The molecule has 0 aliphatic carbocycles. The Balaban J connectivity index is 2.61. The van der Waals surface area contributed by atoms with E-state index in [1.54, 1.807) is 0 Å². The number of ether oxygens (including phenoxy) is 4. The minimum absolute atomic E-state index is 0.00682. The fourth-order valence-corrected chi connectivity index (χ4v) is 1.53. The first-order valence-corrected chi connectivity index (χ1v) is 6.71. The molecule has 0 heterocycles. The molecule has 9 nitrogen and oxygen atoms in total. The number of nitro benzene ring substituents is 1. The number of benzene rings is 1. The summed E-state index contributed by atoms with van der Waals surface area (Å²) >= 11 is 0. The van der Waals surface area contributed by atoms with E-state index in [2.05, 4.69) is 9.47 Å². The summed E-state index contributed by atoms with van der Waals surface area (Å²) in [6.07, 6.45) is 0. The lowest BCUT2D eigenvalue weighted by molar-refractivity contribution is -0.386. The van der Waals surface area contributed by atoms with Crippen LogP contribution in [0, 0.1) is 10.1 Å². The summed E-state index contributed by atoms with van der Waals surface area (Å²) < 4.78 is 19.8. The van der Waals surface area contributed by atoms with E-state index in [9.17, 15) is 19.7 Å². The molecule has 0 aromatic heterocycles. The van der Waals surface area contributed by atoms with Crippen LogP contribution in [0.4, 0.5) is 5.69 Å². The molecule has 1 aromatic rings. The highest BCUT2D eigenvalue weighted by Gasteiger charge is 2.17. The first-order valence-electron chi connectivity index (χ1n) is 6.71. The van der Waals surface area contributed by atoms with Crippen LogP contribution >= 0.6 is 0 Å². The first kappa shape index (κ1) is 18.2. The summed E-state index contributed by atoms with van der Waals surface area (Å²) in [5, 5.41) is 11.0. The molecule has 0 radical (unpaired) electrons. The van der Waals surface area contributed by atoms with Crippen LogP contribution in [0.3, 0.4) is 0 Å². The summed E-state index contributed by atoms with van der Waals surface area (Å²) in [7, 11) is 0. The van der Waals surface area contributed by atoms with Crippen molar-refractivity contribution in [1.29, 1.82) is 0 Å². The van der Waals surface area contributed by atoms with Crippen molar-refractivity contribution in [1.82, 2.24) is 0 Å². The van der Waals surface area contributed by atoms with Gasteiger partial charge in [-0.2, -0.15) is 0 Å². The van der Waals surface area contributed by atoms with Gasteiger partial charge in [0, 0.05) is 13.8 Å². The highest BCUT2D eigenvalue weighted by Crippen LogP contribution is 2.31. The molecule has 0 spiro atoms. The molecular weight excluding hydrogens is 310 g/mol. The first-order chi connectivity index (χ1) is 10.9. The molecule has 0 fully saturated rings. The average Bonchev–Trinajstić information content (AvgIpc) is 2.48. The highest BCUT2D eigenvalue weighted by molar-refractivity contribution is 5.66. The third kappa shape index (κ3) is 7.11. The zero-order valence-corrected chi connectivity index (χ0v) is 12.8. The number of rotatable bonds is 9. The summed E-state index contributed by atoms with van der Waals surface area (Å²) in [6, 6.07) is 4.07. The zero-order chi connectivity index (χ0) is 17.2. The third-order valence-electron chi connectivity index (χ3n) is 2.43. The van der Waals surface area contributed by atoms with E-state index in [0.29, 0.717) is 0 Å². The van der Waals surface area contributed by atoms with Gasteiger partial charge in [0.05, 0.1) is 11.0 Å². The van der Waals surface area contributed by atoms with E-state index >= 15 is 0 Å². The number of carbonyl (C=O) groups is 2. The van der Waals surface area contributed by atoms with Gasteiger partial charge in [0.25, 0.3) is 0 Å². The molecule has 0 amide bonds. The van der Waals surface area contributed by atoms with Crippen LogP contribution in [0.1, 0.15) is 13.8 Å². The number of nitro groups is 1. The van der Waals surface area contributed by atoms with Gasteiger partial charge in [-0.1, -0.05) is 0 Å². The van der Waals surface area contributed by atoms with Crippen molar-refractivity contribution in [3.05, 3.63) is 28.3 Å². The van der Waals surface area contributed by atoms with Crippen molar-refractivity contribution in [2.75, 3.05) is 26.4 Å². The predicted octanol–water partition coefficient (Wildman–Crippen LogP) is 1.48. The molecule has 1 aromatic carbocycles. The van der Waals surface area contributed by atoms with Gasteiger partial charge >= 0.3 is 17.6 Å². The smallest absolute Gasteiger partial charge is 0.314 e. The van der Waals surface area contributed by atoms with Crippen molar-refractivity contribution in [2.45, 2.75) is 13.8 Å². The maximum atomic E-state index is 11.0. The number of nitrogens with zero attached hydrogens (tertiary/aromatic N) is 1. The Bertz CT molecular complexity index is 572. The van der Waals surface area contributed by atoms with Crippen molar-refractivity contribution in [3.8, 4) is 11.5 Å². The zero-order valence-electron chi connectivity index (χ0n) is 12.8. The second kappa shape index (κ2) is 9.23. The van der Waals surface area contributed by atoms with E-state index in [1.807, 2.05) is 0 Å². The molecule has 0 bridgehead atoms. The normalized spacial score (nSPS) is 9.83. The highest BCUT2D eigenvalue weighted by atomic mass is 16.6. The van der Waals surface area contributed by atoms with Crippen molar-refractivity contribution < 1.29 is 33.5 Å². The van der Waals surface area contributed by atoms with E-state index in [-0.39, 0.29) is 43.6 Å². The Morgan fingerprint density at radius 2 is 1.57 bits per heavy atom. The molecule has 0 aliphatic rings. The standard InChI is InChI=1S/C14H17NO8/c1-10(16)20-5-7-22-12-3-4-14(13(9-12)15(18)19)23-8-6-21-11(2)17/h3-4,9H,5-8H2,1-2H3. The number of hydrogen-bond acceptors (Lipinski definition) is 8. The van der Waals surface area contributed by atoms with Gasteiger partial charge in [-0.05, 0) is 12.1 Å². The molecular formula is C14H17NO8. The Hall–Kier alpha value is -2.84. The number of esters is 2. The van der Waals surface area contributed by atoms with Gasteiger partial charge in [0.2, 0.25) is 0 Å². The molecule has 9 heteroatoms. The van der Waals surface area contributed by atoms with Gasteiger partial charge < -0.3 is 18.9 Å². The predicted molar refractivity (Wildman–Crippen MR) is 77.4 cm³/mol. The summed E-state index contributed by atoms with van der Waals surface area (Å²) in [4.78, 5) is 31.6. The van der Waals surface area contributed by atoms with E-state index < -0.39 is 16.9 Å². The monoisotopic (exact) mass is 327 g/mol. The molecule has 0 aliphatic heterocycles. The SMILES string of the molecule is CC(=O)OCCOc1ccc(OCCOC(C)=O)c([N+](=O)[O-])c1. The van der Waals surface area contributed by atoms with Crippen molar-refractivity contribution >= 4 is 17.6 Å². The Morgan fingerprint density at radius 3 is 2.09 bits per heavy atom. The lowest BCUT2D eigenvalue weighted by Crippen LogP contribution is -2.11. The molecule has 0 saturated carbocycles. The molecule has 23 heavy (non-hydrogen) atoms. The summed E-state index contributed by atoms with van der Waals surface area (Å²) in [6.45, 7) is 2.63. The van der Waals surface area contributed by atoms with E-state index in [1.165, 1.54) is 32.0 Å². The van der Waals surface area contributed by atoms with Crippen LogP contribution in [-0.2, 0) is 19.1 Å². The maximum absolute atomic E-state index is 11.0. The van der Waals surface area contributed by atoms with Crippen LogP contribution in [0.25, 0.3) is 0 Å². The fourth-order valence-electron chi connectivity index (χ4n) is 1.53. The van der Waals surface area contributed by atoms with Gasteiger partial charge in [-0.25, -0.2) is 0 Å². The lowest BCUT2D eigenvalue weighted by atomic mass is 10.3. The molecule has 0 atom stereocenters. The van der Waals surface area contributed by atoms with Gasteiger partial charge in [0.15, 0.2) is 5.75 Å². The van der Waals surface area contributed by atoms with Crippen molar-refractivity contribution in [3.63, 3.8) is 0 Å². The van der Waals surface area contributed by atoms with Crippen LogP contribution in [0.2, 0.25) is 0 Å². The van der Waals surface area contributed by atoms with E-state index in [4.69, 9.17) is 9.47 Å². The number of carbonyl (C=O) groups excluding carboxylic acids is 2. The van der Waals surface area contributed by atoms with Gasteiger partial charge in [-0.15, -0.1) is 0 Å². The van der Waals surface area contributed by atoms with Gasteiger partial charge in [0.1, 0.15) is 32.2 Å². The van der Waals surface area contributed by atoms with E-state index in [0.717, 1.165) is 0 Å². The topological polar surface area (TPSA) is 114 Å². The second-order valence-electron chi connectivity index (χ2n) is 4.26. The van der Waals surface area contributed by atoms with Crippen LogP contribution in [0.15, 0.2) is 18.2 Å². The number of hydrogen-bond donors (Lipinski definition) is 0.